The van der Waals surface area contributed by atoms with E-state index in [4.69, 9.17) is 4.74 Å². The van der Waals surface area contributed by atoms with E-state index in [2.05, 4.69) is 0 Å². The van der Waals surface area contributed by atoms with Crippen molar-refractivity contribution in [3.8, 4) is 0 Å². The van der Waals surface area contributed by atoms with Gasteiger partial charge in [0.15, 0.2) is 0 Å². The summed E-state index contributed by atoms with van der Waals surface area (Å²) >= 11 is 0. The number of likely N-dealkylation sites (tertiary alicyclic amines) is 2. The van der Waals surface area contributed by atoms with E-state index in [1.165, 1.54) is 0 Å². The van der Waals surface area contributed by atoms with Crippen molar-refractivity contribution in [3.05, 3.63) is 35.9 Å². The van der Waals surface area contributed by atoms with Crippen LogP contribution in [0.15, 0.2) is 30.3 Å². The molecule has 2 aliphatic rings. The second kappa shape index (κ2) is 5.55. The van der Waals surface area contributed by atoms with Gasteiger partial charge in [-0.15, -0.1) is 0 Å². The molecule has 0 saturated carbocycles. The lowest BCUT2D eigenvalue weighted by Gasteiger charge is -2.51. The third-order valence-electron chi connectivity index (χ3n) is 4.46. The van der Waals surface area contributed by atoms with Gasteiger partial charge in [0, 0.05) is 13.1 Å². The lowest BCUT2D eigenvalue weighted by Crippen LogP contribution is -2.72. The molecule has 0 bridgehead atoms. The summed E-state index contributed by atoms with van der Waals surface area (Å²) in [6.45, 7) is 7.33. The molecule has 2 heterocycles. The minimum absolute atomic E-state index is 0.0460. The largest absolute Gasteiger partial charge is 0.444 e. The molecule has 124 valence electrons. The molecular formula is C18H24N2O3. The summed E-state index contributed by atoms with van der Waals surface area (Å²) in [5.41, 5.74) is -0.105. The van der Waals surface area contributed by atoms with E-state index in [0.29, 0.717) is 19.6 Å². The minimum Gasteiger partial charge on any atom is -0.444 e. The third-order valence-corrected chi connectivity index (χ3v) is 4.46. The first-order chi connectivity index (χ1) is 10.8. The first kappa shape index (κ1) is 15.8. The standard InChI is InChI=1S/C18H24N2O3/c1-17(2,3)23-16(22)20-11-7-10-18(20)13-19(15(18)21)12-14-8-5-4-6-9-14/h4-6,8-9H,7,10-13H2,1-3H3. The van der Waals surface area contributed by atoms with Gasteiger partial charge in [-0.25, -0.2) is 4.79 Å². The molecular weight excluding hydrogens is 292 g/mol. The van der Waals surface area contributed by atoms with Crippen molar-refractivity contribution in [1.82, 2.24) is 9.80 Å². The van der Waals surface area contributed by atoms with Crippen LogP contribution in [0.25, 0.3) is 0 Å². The zero-order valence-corrected chi connectivity index (χ0v) is 14.0. The van der Waals surface area contributed by atoms with E-state index in [1.54, 1.807) is 4.90 Å². The fourth-order valence-electron chi connectivity index (χ4n) is 3.44. The Hall–Kier alpha value is -2.04. The molecule has 5 heteroatoms. The Morgan fingerprint density at radius 2 is 1.96 bits per heavy atom. The summed E-state index contributed by atoms with van der Waals surface area (Å²) in [6.07, 6.45) is 1.21. The second-order valence-electron chi connectivity index (χ2n) is 7.41. The van der Waals surface area contributed by atoms with Crippen LogP contribution in [0.4, 0.5) is 4.79 Å². The van der Waals surface area contributed by atoms with Gasteiger partial charge in [-0.2, -0.15) is 0 Å². The van der Waals surface area contributed by atoms with E-state index in [1.807, 2.05) is 56.0 Å². The zero-order valence-electron chi connectivity index (χ0n) is 14.0. The van der Waals surface area contributed by atoms with Crippen LogP contribution in [0.3, 0.4) is 0 Å². The number of hydrogen-bond donors (Lipinski definition) is 0. The summed E-state index contributed by atoms with van der Waals surface area (Å²) in [5.74, 6) is 0.0460. The van der Waals surface area contributed by atoms with Crippen LogP contribution in [0.2, 0.25) is 0 Å². The van der Waals surface area contributed by atoms with Crippen LogP contribution in [0, 0.1) is 0 Å². The highest BCUT2D eigenvalue weighted by molar-refractivity contribution is 5.96. The summed E-state index contributed by atoms with van der Waals surface area (Å²) in [7, 11) is 0. The molecule has 2 saturated heterocycles. The van der Waals surface area contributed by atoms with E-state index < -0.39 is 11.1 Å². The number of amides is 2. The van der Waals surface area contributed by atoms with Gasteiger partial charge < -0.3 is 9.64 Å². The molecule has 1 atom stereocenters. The highest BCUT2D eigenvalue weighted by Gasteiger charge is 2.60. The molecule has 2 fully saturated rings. The molecule has 0 aromatic heterocycles. The van der Waals surface area contributed by atoms with Gasteiger partial charge in [0.2, 0.25) is 0 Å². The first-order valence-electron chi connectivity index (χ1n) is 8.16. The number of carbonyl (C=O) groups is 2. The van der Waals surface area contributed by atoms with E-state index in [-0.39, 0.29) is 12.0 Å². The smallest absolute Gasteiger partial charge is 0.411 e. The maximum Gasteiger partial charge on any atom is 0.411 e. The van der Waals surface area contributed by atoms with Gasteiger partial charge in [-0.3, -0.25) is 9.69 Å². The average molecular weight is 316 g/mol. The number of carbonyl (C=O) groups excluding carboxylic acids is 2. The van der Waals surface area contributed by atoms with Gasteiger partial charge in [-0.05, 0) is 39.2 Å². The number of hydrogen-bond acceptors (Lipinski definition) is 3. The van der Waals surface area contributed by atoms with Crippen LogP contribution in [-0.2, 0) is 16.1 Å². The Bertz CT molecular complexity index is 608. The SMILES string of the molecule is CC(C)(C)OC(=O)N1CCCC12CN(Cc1ccccc1)C2=O. The molecule has 3 rings (SSSR count). The molecule has 0 radical (unpaired) electrons. The fourth-order valence-corrected chi connectivity index (χ4v) is 3.44. The molecule has 1 unspecified atom stereocenters. The maximum atomic E-state index is 12.7. The van der Waals surface area contributed by atoms with Gasteiger partial charge in [-0.1, -0.05) is 30.3 Å². The predicted octanol–water partition coefficient (Wildman–Crippen LogP) is 2.80. The van der Waals surface area contributed by atoms with Crippen molar-refractivity contribution in [2.45, 2.75) is 51.3 Å². The van der Waals surface area contributed by atoms with Crippen molar-refractivity contribution in [3.63, 3.8) is 0 Å². The van der Waals surface area contributed by atoms with Crippen LogP contribution in [-0.4, -0.2) is 46.0 Å². The lowest BCUT2D eigenvalue weighted by atomic mass is 9.85. The van der Waals surface area contributed by atoms with Crippen molar-refractivity contribution < 1.29 is 14.3 Å². The number of ether oxygens (including phenoxy) is 1. The van der Waals surface area contributed by atoms with E-state index in [0.717, 1.165) is 18.4 Å². The Labute approximate surface area is 137 Å². The van der Waals surface area contributed by atoms with Crippen molar-refractivity contribution in [2.24, 2.45) is 0 Å². The molecule has 1 aromatic rings. The molecule has 2 amide bonds. The quantitative estimate of drug-likeness (QED) is 0.788. The van der Waals surface area contributed by atoms with Gasteiger partial charge in [0.05, 0.1) is 6.54 Å². The number of β-lactam (4-membered cyclic amide) rings is 1. The predicted molar refractivity (Wildman–Crippen MR) is 86.8 cm³/mol. The van der Waals surface area contributed by atoms with Gasteiger partial charge in [0.25, 0.3) is 5.91 Å². The highest BCUT2D eigenvalue weighted by atomic mass is 16.6. The summed E-state index contributed by atoms with van der Waals surface area (Å²) in [4.78, 5) is 28.6. The number of nitrogens with zero attached hydrogens (tertiary/aromatic N) is 2. The molecule has 1 aromatic carbocycles. The van der Waals surface area contributed by atoms with E-state index >= 15 is 0 Å². The molecule has 5 nitrogen and oxygen atoms in total. The van der Waals surface area contributed by atoms with Crippen LogP contribution < -0.4 is 0 Å². The summed E-state index contributed by atoms with van der Waals surface area (Å²) < 4.78 is 5.47. The number of rotatable bonds is 2. The summed E-state index contributed by atoms with van der Waals surface area (Å²) in [6, 6.07) is 9.93. The minimum atomic E-state index is -0.670. The molecule has 0 aliphatic carbocycles. The Morgan fingerprint density at radius 1 is 1.26 bits per heavy atom. The first-order valence-corrected chi connectivity index (χ1v) is 8.16. The molecule has 0 N–H and O–H groups in total. The normalized spacial score (nSPS) is 24.0. The van der Waals surface area contributed by atoms with Crippen LogP contribution in [0.5, 0.6) is 0 Å². The Morgan fingerprint density at radius 3 is 2.57 bits per heavy atom. The highest BCUT2D eigenvalue weighted by Crippen LogP contribution is 2.40. The van der Waals surface area contributed by atoms with Crippen LogP contribution >= 0.6 is 0 Å². The number of benzene rings is 1. The lowest BCUT2D eigenvalue weighted by molar-refractivity contribution is -0.161. The van der Waals surface area contributed by atoms with Crippen molar-refractivity contribution in [1.29, 1.82) is 0 Å². The summed E-state index contributed by atoms with van der Waals surface area (Å²) in [5, 5.41) is 0. The maximum absolute atomic E-state index is 12.7. The topological polar surface area (TPSA) is 49.9 Å². The fraction of sp³-hybridized carbons (Fsp3) is 0.556. The molecule has 1 spiro atoms. The zero-order chi connectivity index (χ0) is 16.7. The Kier molecular flexibility index (Phi) is 3.82. The van der Waals surface area contributed by atoms with Crippen molar-refractivity contribution >= 4 is 12.0 Å². The second-order valence-corrected chi connectivity index (χ2v) is 7.41. The molecule has 2 aliphatic heterocycles. The monoisotopic (exact) mass is 316 g/mol. The third kappa shape index (κ3) is 2.92. The van der Waals surface area contributed by atoms with Crippen molar-refractivity contribution in [2.75, 3.05) is 13.1 Å². The van der Waals surface area contributed by atoms with Gasteiger partial charge >= 0.3 is 6.09 Å². The van der Waals surface area contributed by atoms with E-state index in [9.17, 15) is 9.59 Å². The molecule has 23 heavy (non-hydrogen) atoms. The Balaban J connectivity index is 1.68. The van der Waals surface area contributed by atoms with Crippen LogP contribution in [0.1, 0.15) is 39.2 Å². The van der Waals surface area contributed by atoms with Gasteiger partial charge in [0.1, 0.15) is 11.1 Å². The average Bonchev–Trinajstić information content (AvgIpc) is 2.93.